The smallest absolute Gasteiger partial charge is 0.255 e. The van der Waals surface area contributed by atoms with Crippen LogP contribution < -0.4 is 5.32 Å². The molecule has 1 saturated heterocycles. The summed E-state index contributed by atoms with van der Waals surface area (Å²) in [6, 6.07) is 5.53. The molecule has 1 aliphatic carbocycles. The van der Waals surface area contributed by atoms with Crippen LogP contribution in [0.5, 0.6) is 0 Å². The molecule has 2 aliphatic rings. The molecule has 1 unspecified atom stereocenters. The summed E-state index contributed by atoms with van der Waals surface area (Å²) in [7, 11) is 0. The van der Waals surface area contributed by atoms with E-state index in [1.165, 1.54) is 12.8 Å². The summed E-state index contributed by atoms with van der Waals surface area (Å²) in [6.45, 7) is 2.69. The van der Waals surface area contributed by atoms with E-state index in [0.717, 1.165) is 26.1 Å². The first kappa shape index (κ1) is 14.2. The van der Waals surface area contributed by atoms with Crippen molar-refractivity contribution in [2.24, 2.45) is 5.92 Å². The van der Waals surface area contributed by atoms with Gasteiger partial charge in [-0.15, -0.1) is 0 Å². The minimum absolute atomic E-state index is 0.0121. The highest BCUT2D eigenvalue weighted by Crippen LogP contribution is 2.33. The molecule has 20 heavy (non-hydrogen) atoms. The zero-order valence-corrected chi connectivity index (χ0v) is 12.8. The standard InChI is InChI=1S/C15H18Cl2N2O/c16-13-3-1-2-12(14(13)17)15(20)19(9-10-4-5-10)11-6-7-18-8-11/h1-3,10-11,18H,4-9H2. The van der Waals surface area contributed by atoms with Gasteiger partial charge in [0, 0.05) is 19.1 Å². The van der Waals surface area contributed by atoms with Gasteiger partial charge in [-0.3, -0.25) is 4.79 Å². The van der Waals surface area contributed by atoms with Gasteiger partial charge in [0.1, 0.15) is 0 Å². The van der Waals surface area contributed by atoms with E-state index in [2.05, 4.69) is 5.32 Å². The lowest BCUT2D eigenvalue weighted by molar-refractivity contribution is 0.0682. The Balaban J connectivity index is 1.85. The van der Waals surface area contributed by atoms with Gasteiger partial charge in [0.25, 0.3) is 5.91 Å². The number of hydrogen-bond donors (Lipinski definition) is 1. The Morgan fingerprint density at radius 1 is 1.30 bits per heavy atom. The van der Waals surface area contributed by atoms with Crippen LogP contribution in [0.3, 0.4) is 0 Å². The average Bonchev–Trinajstić information content (AvgIpc) is 3.10. The number of nitrogens with zero attached hydrogens (tertiary/aromatic N) is 1. The largest absolute Gasteiger partial charge is 0.334 e. The van der Waals surface area contributed by atoms with Gasteiger partial charge < -0.3 is 10.2 Å². The van der Waals surface area contributed by atoms with E-state index < -0.39 is 0 Å². The number of benzene rings is 1. The van der Waals surface area contributed by atoms with Crippen molar-refractivity contribution in [3.8, 4) is 0 Å². The highest BCUT2D eigenvalue weighted by atomic mass is 35.5. The maximum absolute atomic E-state index is 12.8. The molecular weight excluding hydrogens is 295 g/mol. The molecule has 3 nitrogen and oxygen atoms in total. The van der Waals surface area contributed by atoms with E-state index in [1.54, 1.807) is 18.2 Å². The second-order valence-electron chi connectivity index (χ2n) is 5.65. The van der Waals surface area contributed by atoms with E-state index in [-0.39, 0.29) is 11.9 Å². The number of hydrogen-bond acceptors (Lipinski definition) is 2. The fraction of sp³-hybridized carbons (Fsp3) is 0.533. The second kappa shape index (κ2) is 5.92. The molecule has 1 aromatic carbocycles. The van der Waals surface area contributed by atoms with Crippen LogP contribution in [-0.4, -0.2) is 36.5 Å². The quantitative estimate of drug-likeness (QED) is 0.926. The molecule has 0 spiro atoms. The Bertz CT molecular complexity index is 511. The molecule has 108 valence electrons. The van der Waals surface area contributed by atoms with Crippen LogP contribution in [0.4, 0.5) is 0 Å². The number of carbonyl (C=O) groups excluding carboxylic acids is 1. The highest BCUT2D eigenvalue weighted by Gasteiger charge is 2.33. The lowest BCUT2D eigenvalue weighted by Gasteiger charge is -2.29. The Morgan fingerprint density at radius 2 is 2.10 bits per heavy atom. The number of carbonyl (C=O) groups is 1. The van der Waals surface area contributed by atoms with Gasteiger partial charge in [0.05, 0.1) is 15.6 Å². The second-order valence-corrected chi connectivity index (χ2v) is 6.43. The number of amides is 1. The van der Waals surface area contributed by atoms with Gasteiger partial charge >= 0.3 is 0 Å². The normalized spacial score (nSPS) is 22.0. The van der Waals surface area contributed by atoms with Gasteiger partial charge in [0.2, 0.25) is 0 Å². The van der Waals surface area contributed by atoms with Crippen LogP contribution >= 0.6 is 23.2 Å². The molecule has 1 aliphatic heterocycles. The third-order valence-electron chi connectivity index (χ3n) is 4.07. The minimum Gasteiger partial charge on any atom is -0.334 e. The first-order chi connectivity index (χ1) is 9.66. The first-order valence-corrected chi connectivity index (χ1v) is 7.88. The summed E-state index contributed by atoms with van der Waals surface area (Å²) in [6.07, 6.45) is 3.47. The summed E-state index contributed by atoms with van der Waals surface area (Å²) in [5.41, 5.74) is 0.520. The molecule has 1 amide bonds. The van der Waals surface area contributed by atoms with Crippen molar-refractivity contribution in [1.82, 2.24) is 10.2 Å². The Labute approximate surface area is 129 Å². The Kier molecular flexibility index (Phi) is 4.20. The predicted molar refractivity (Wildman–Crippen MR) is 81.5 cm³/mol. The topological polar surface area (TPSA) is 32.3 Å². The van der Waals surface area contributed by atoms with Crippen molar-refractivity contribution in [3.05, 3.63) is 33.8 Å². The molecule has 0 aromatic heterocycles. The van der Waals surface area contributed by atoms with Crippen LogP contribution in [0, 0.1) is 5.92 Å². The predicted octanol–water partition coefficient (Wildman–Crippen LogP) is 3.21. The van der Waals surface area contributed by atoms with E-state index in [1.807, 2.05) is 4.90 Å². The van der Waals surface area contributed by atoms with Crippen molar-refractivity contribution in [2.75, 3.05) is 19.6 Å². The monoisotopic (exact) mass is 312 g/mol. The van der Waals surface area contributed by atoms with E-state index >= 15 is 0 Å². The van der Waals surface area contributed by atoms with Crippen molar-refractivity contribution >= 4 is 29.1 Å². The zero-order valence-electron chi connectivity index (χ0n) is 11.2. The molecule has 1 atom stereocenters. The number of nitrogens with one attached hydrogen (secondary N) is 1. The SMILES string of the molecule is O=C(c1cccc(Cl)c1Cl)N(CC1CC1)C1CCNC1. The van der Waals surface area contributed by atoms with Crippen molar-refractivity contribution in [3.63, 3.8) is 0 Å². The van der Waals surface area contributed by atoms with Gasteiger partial charge in [-0.1, -0.05) is 29.3 Å². The first-order valence-electron chi connectivity index (χ1n) is 7.12. The van der Waals surface area contributed by atoms with Crippen molar-refractivity contribution in [1.29, 1.82) is 0 Å². The average molecular weight is 313 g/mol. The van der Waals surface area contributed by atoms with Crippen molar-refractivity contribution < 1.29 is 4.79 Å². The van der Waals surface area contributed by atoms with Gasteiger partial charge in [-0.2, -0.15) is 0 Å². The molecule has 2 fully saturated rings. The number of halogens is 2. The molecular formula is C15H18Cl2N2O. The lowest BCUT2D eigenvalue weighted by Crippen LogP contribution is -2.43. The van der Waals surface area contributed by atoms with Crippen LogP contribution in [0.1, 0.15) is 29.6 Å². The fourth-order valence-electron chi connectivity index (χ4n) is 2.71. The van der Waals surface area contributed by atoms with Crippen LogP contribution in [0.2, 0.25) is 10.0 Å². The number of rotatable bonds is 4. The van der Waals surface area contributed by atoms with E-state index in [4.69, 9.17) is 23.2 Å². The summed E-state index contributed by atoms with van der Waals surface area (Å²) in [5, 5.41) is 4.13. The van der Waals surface area contributed by atoms with Gasteiger partial charge in [-0.25, -0.2) is 0 Å². The molecule has 3 rings (SSSR count). The Morgan fingerprint density at radius 3 is 2.75 bits per heavy atom. The molecule has 1 N–H and O–H groups in total. The lowest BCUT2D eigenvalue weighted by atomic mass is 10.1. The summed E-state index contributed by atoms with van der Waals surface area (Å²) >= 11 is 12.2. The molecule has 5 heteroatoms. The Hall–Kier alpha value is -0.770. The van der Waals surface area contributed by atoms with E-state index in [0.29, 0.717) is 21.5 Å². The molecule has 0 radical (unpaired) electrons. The maximum Gasteiger partial charge on any atom is 0.255 e. The third-order valence-corrected chi connectivity index (χ3v) is 4.89. The van der Waals surface area contributed by atoms with Gasteiger partial charge in [-0.05, 0) is 43.9 Å². The molecule has 0 bridgehead atoms. The zero-order chi connectivity index (χ0) is 14.1. The third kappa shape index (κ3) is 2.95. The summed E-state index contributed by atoms with van der Waals surface area (Å²) < 4.78 is 0. The molecule has 1 aromatic rings. The van der Waals surface area contributed by atoms with Gasteiger partial charge in [0.15, 0.2) is 0 Å². The van der Waals surface area contributed by atoms with Crippen LogP contribution in [-0.2, 0) is 0 Å². The molecule has 1 saturated carbocycles. The van der Waals surface area contributed by atoms with Crippen LogP contribution in [0.15, 0.2) is 18.2 Å². The van der Waals surface area contributed by atoms with E-state index in [9.17, 15) is 4.79 Å². The van der Waals surface area contributed by atoms with Crippen molar-refractivity contribution in [2.45, 2.75) is 25.3 Å². The summed E-state index contributed by atoms with van der Waals surface area (Å²) in [5.74, 6) is 0.676. The maximum atomic E-state index is 12.8. The summed E-state index contributed by atoms with van der Waals surface area (Å²) in [4.78, 5) is 14.8. The van der Waals surface area contributed by atoms with Crippen LogP contribution in [0.25, 0.3) is 0 Å². The fourth-order valence-corrected chi connectivity index (χ4v) is 3.09. The minimum atomic E-state index is 0.0121. The molecule has 1 heterocycles. The highest BCUT2D eigenvalue weighted by molar-refractivity contribution is 6.43.